The molecular formula is C14H21N5O2. The normalized spacial score (nSPS) is 26.1. The fourth-order valence-electron chi connectivity index (χ4n) is 2.87. The highest BCUT2D eigenvalue weighted by Gasteiger charge is 2.33. The fraction of sp³-hybridized carbons (Fsp3) is 0.643. The third kappa shape index (κ3) is 3.14. The molecule has 2 fully saturated rings. The lowest BCUT2D eigenvalue weighted by Crippen LogP contribution is -2.53. The average molecular weight is 291 g/mol. The van der Waals surface area contributed by atoms with Gasteiger partial charge in [0.25, 0.3) is 0 Å². The average Bonchev–Trinajstić information content (AvgIpc) is 3.04. The first kappa shape index (κ1) is 14.2. The van der Waals surface area contributed by atoms with Crippen molar-refractivity contribution in [2.75, 3.05) is 44.7 Å². The van der Waals surface area contributed by atoms with E-state index in [4.69, 9.17) is 4.74 Å². The molecule has 0 aromatic carbocycles. The Balaban J connectivity index is 1.53. The molecule has 1 N–H and O–H groups in total. The summed E-state index contributed by atoms with van der Waals surface area (Å²) >= 11 is 0. The molecule has 2 saturated heterocycles. The molecule has 1 amide bonds. The minimum absolute atomic E-state index is 0.102. The van der Waals surface area contributed by atoms with Crippen LogP contribution in [-0.4, -0.2) is 72.8 Å². The lowest BCUT2D eigenvalue weighted by Gasteiger charge is -2.35. The van der Waals surface area contributed by atoms with E-state index in [1.54, 1.807) is 25.6 Å². The number of ether oxygens (including phenoxy) is 1. The molecule has 1 aromatic heterocycles. The van der Waals surface area contributed by atoms with E-state index < -0.39 is 0 Å². The maximum Gasteiger partial charge on any atom is 0.239 e. The standard InChI is InChI=1S/C14H21N5O2/c1-21-11-9-12(17-10-11)13(20)18-5-7-19(8-6-18)14-15-3-2-4-16-14/h2-4,11-12,17H,5-10H2,1H3. The number of hydrogen-bond donors (Lipinski definition) is 1. The zero-order valence-corrected chi connectivity index (χ0v) is 12.2. The van der Waals surface area contributed by atoms with Crippen molar-refractivity contribution in [3.05, 3.63) is 18.5 Å². The number of anilines is 1. The molecule has 21 heavy (non-hydrogen) atoms. The molecule has 0 radical (unpaired) electrons. The highest BCUT2D eigenvalue weighted by Crippen LogP contribution is 2.15. The molecule has 2 aliphatic rings. The Kier molecular flexibility index (Phi) is 4.31. The van der Waals surface area contributed by atoms with Crippen LogP contribution in [0.5, 0.6) is 0 Å². The summed E-state index contributed by atoms with van der Waals surface area (Å²) in [5.41, 5.74) is 0. The number of hydrogen-bond acceptors (Lipinski definition) is 6. The van der Waals surface area contributed by atoms with Crippen LogP contribution in [0.2, 0.25) is 0 Å². The molecule has 0 saturated carbocycles. The second-order valence-corrected chi connectivity index (χ2v) is 5.42. The van der Waals surface area contributed by atoms with Gasteiger partial charge in [-0.15, -0.1) is 0 Å². The molecule has 3 heterocycles. The van der Waals surface area contributed by atoms with Gasteiger partial charge in [0.2, 0.25) is 11.9 Å². The summed E-state index contributed by atoms with van der Waals surface area (Å²) in [5, 5.41) is 3.24. The van der Waals surface area contributed by atoms with Crippen LogP contribution < -0.4 is 10.2 Å². The molecular weight excluding hydrogens is 270 g/mol. The number of rotatable bonds is 3. The molecule has 2 unspecified atom stereocenters. The Morgan fingerprint density at radius 1 is 1.29 bits per heavy atom. The predicted octanol–water partition coefficient (Wildman–Crippen LogP) is -0.498. The van der Waals surface area contributed by atoms with Crippen molar-refractivity contribution in [1.29, 1.82) is 0 Å². The van der Waals surface area contributed by atoms with Gasteiger partial charge in [-0.05, 0) is 12.5 Å². The van der Waals surface area contributed by atoms with Crippen LogP contribution in [0, 0.1) is 0 Å². The van der Waals surface area contributed by atoms with E-state index in [2.05, 4.69) is 20.2 Å². The van der Waals surface area contributed by atoms with E-state index >= 15 is 0 Å². The van der Waals surface area contributed by atoms with Gasteiger partial charge in [-0.2, -0.15) is 0 Å². The second kappa shape index (κ2) is 6.36. The number of nitrogens with one attached hydrogen (secondary N) is 1. The summed E-state index contributed by atoms with van der Waals surface area (Å²) < 4.78 is 5.30. The zero-order valence-electron chi connectivity index (χ0n) is 12.2. The fourth-order valence-corrected chi connectivity index (χ4v) is 2.87. The van der Waals surface area contributed by atoms with Crippen LogP contribution in [0.15, 0.2) is 18.5 Å². The molecule has 0 spiro atoms. The number of amides is 1. The Morgan fingerprint density at radius 3 is 2.62 bits per heavy atom. The summed E-state index contributed by atoms with van der Waals surface area (Å²) in [6, 6.07) is 1.70. The molecule has 3 rings (SSSR count). The quantitative estimate of drug-likeness (QED) is 0.810. The van der Waals surface area contributed by atoms with E-state index in [-0.39, 0.29) is 18.1 Å². The van der Waals surface area contributed by atoms with Gasteiger partial charge in [-0.1, -0.05) is 0 Å². The van der Waals surface area contributed by atoms with Crippen molar-refractivity contribution in [2.45, 2.75) is 18.6 Å². The van der Waals surface area contributed by atoms with Crippen LogP contribution in [0.3, 0.4) is 0 Å². The molecule has 1 aromatic rings. The van der Waals surface area contributed by atoms with Crippen LogP contribution in [0.1, 0.15) is 6.42 Å². The van der Waals surface area contributed by atoms with Crippen LogP contribution in [0.25, 0.3) is 0 Å². The highest BCUT2D eigenvalue weighted by molar-refractivity contribution is 5.82. The Morgan fingerprint density at radius 2 is 2.00 bits per heavy atom. The predicted molar refractivity (Wildman–Crippen MR) is 78.0 cm³/mol. The van der Waals surface area contributed by atoms with Crippen molar-refractivity contribution >= 4 is 11.9 Å². The van der Waals surface area contributed by atoms with Gasteiger partial charge in [-0.3, -0.25) is 4.79 Å². The molecule has 2 atom stereocenters. The van der Waals surface area contributed by atoms with E-state index in [0.717, 1.165) is 32.0 Å². The maximum absolute atomic E-state index is 12.5. The zero-order chi connectivity index (χ0) is 14.7. The monoisotopic (exact) mass is 291 g/mol. The van der Waals surface area contributed by atoms with Gasteiger partial charge in [0.15, 0.2) is 0 Å². The molecule has 2 aliphatic heterocycles. The Hall–Kier alpha value is -1.73. The van der Waals surface area contributed by atoms with Gasteiger partial charge in [0.1, 0.15) is 0 Å². The number of methoxy groups -OCH3 is 1. The molecule has 114 valence electrons. The SMILES string of the molecule is COC1CNC(C(=O)N2CCN(c3ncccn3)CC2)C1. The first-order valence-electron chi connectivity index (χ1n) is 7.35. The number of carbonyl (C=O) groups excluding carboxylic acids is 1. The maximum atomic E-state index is 12.5. The van der Waals surface area contributed by atoms with Crippen molar-refractivity contribution in [3.63, 3.8) is 0 Å². The Bertz CT molecular complexity index is 476. The second-order valence-electron chi connectivity index (χ2n) is 5.42. The summed E-state index contributed by atoms with van der Waals surface area (Å²) in [7, 11) is 1.69. The molecule has 0 aliphatic carbocycles. The lowest BCUT2D eigenvalue weighted by molar-refractivity contribution is -0.133. The van der Waals surface area contributed by atoms with Crippen LogP contribution >= 0.6 is 0 Å². The van der Waals surface area contributed by atoms with Crippen molar-refractivity contribution < 1.29 is 9.53 Å². The minimum atomic E-state index is -0.102. The Labute approximate surface area is 124 Å². The van der Waals surface area contributed by atoms with E-state index in [9.17, 15) is 4.79 Å². The third-order valence-electron chi connectivity index (χ3n) is 4.15. The first-order valence-corrected chi connectivity index (χ1v) is 7.35. The van der Waals surface area contributed by atoms with Crippen molar-refractivity contribution in [2.24, 2.45) is 0 Å². The highest BCUT2D eigenvalue weighted by atomic mass is 16.5. The van der Waals surface area contributed by atoms with Crippen molar-refractivity contribution in [3.8, 4) is 0 Å². The number of carbonyl (C=O) groups is 1. The molecule has 7 heteroatoms. The van der Waals surface area contributed by atoms with Gasteiger partial charge in [-0.25, -0.2) is 9.97 Å². The van der Waals surface area contributed by atoms with E-state index in [1.165, 1.54) is 0 Å². The lowest BCUT2D eigenvalue weighted by atomic mass is 10.1. The molecule has 7 nitrogen and oxygen atoms in total. The van der Waals surface area contributed by atoms with Crippen LogP contribution in [-0.2, 0) is 9.53 Å². The van der Waals surface area contributed by atoms with Gasteiger partial charge < -0.3 is 19.9 Å². The minimum Gasteiger partial charge on any atom is -0.380 e. The van der Waals surface area contributed by atoms with Gasteiger partial charge in [0.05, 0.1) is 12.1 Å². The van der Waals surface area contributed by atoms with E-state index in [1.807, 2.05) is 4.90 Å². The smallest absolute Gasteiger partial charge is 0.239 e. The number of aromatic nitrogens is 2. The third-order valence-corrected chi connectivity index (χ3v) is 4.15. The first-order chi connectivity index (χ1) is 10.3. The summed E-state index contributed by atoms with van der Waals surface area (Å²) in [5.74, 6) is 0.922. The van der Waals surface area contributed by atoms with Gasteiger partial charge in [0, 0.05) is 52.2 Å². The number of piperazine rings is 1. The van der Waals surface area contributed by atoms with Gasteiger partial charge >= 0.3 is 0 Å². The van der Waals surface area contributed by atoms with Crippen molar-refractivity contribution in [1.82, 2.24) is 20.2 Å². The largest absolute Gasteiger partial charge is 0.380 e. The summed E-state index contributed by atoms with van der Waals surface area (Å²) in [4.78, 5) is 25.0. The topological polar surface area (TPSA) is 70.6 Å². The summed E-state index contributed by atoms with van der Waals surface area (Å²) in [6.07, 6.45) is 4.40. The van der Waals surface area contributed by atoms with E-state index in [0.29, 0.717) is 13.1 Å². The number of nitrogens with zero attached hydrogens (tertiary/aromatic N) is 4. The summed E-state index contributed by atoms with van der Waals surface area (Å²) in [6.45, 7) is 3.73. The van der Waals surface area contributed by atoms with Crippen LogP contribution in [0.4, 0.5) is 5.95 Å². The molecule has 0 bridgehead atoms.